The minimum Gasteiger partial charge on any atom is -0.497 e. The summed E-state index contributed by atoms with van der Waals surface area (Å²) in [4.78, 5) is 35.5. The van der Waals surface area contributed by atoms with Crippen LogP contribution in [0.5, 0.6) is 11.5 Å². The second-order valence-electron chi connectivity index (χ2n) is 5.88. The molecule has 0 fully saturated rings. The highest BCUT2D eigenvalue weighted by atomic mass is 32.2. The number of aromatic carboxylic acids is 1. The maximum atomic E-state index is 12.4. The van der Waals surface area contributed by atoms with Crippen LogP contribution in [-0.2, 0) is 4.79 Å². The number of carbonyl (C=O) groups excluding carboxylic acids is 1. The lowest BCUT2D eigenvalue weighted by Crippen LogP contribution is -2.36. The first-order valence-electron chi connectivity index (χ1n) is 8.55. The fourth-order valence-corrected chi connectivity index (χ4v) is 3.31. The molecule has 3 rings (SSSR count). The topological polar surface area (TPSA) is 135 Å². The van der Waals surface area contributed by atoms with E-state index in [1.54, 1.807) is 31.4 Å². The number of H-pyrrole nitrogens is 1. The van der Waals surface area contributed by atoms with E-state index in [4.69, 9.17) is 19.1 Å². The molecular weight excluding hydrogens is 414 g/mol. The number of nitrogens with one attached hydrogen (secondary N) is 2. The monoisotopic (exact) mass is 432 g/mol. The Morgan fingerprint density at radius 3 is 2.53 bits per heavy atom. The summed E-state index contributed by atoms with van der Waals surface area (Å²) in [6, 6.07) is 11.0. The predicted molar refractivity (Wildman–Crippen MR) is 107 cm³/mol. The lowest BCUT2D eigenvalue weighted by molar-refractivity contribution is -0.704. The molecule has 0 bridgehead atoms. The molecule has 0 saturated heterocycles. The summed E-state index contributed by atoms with van der Waals surface area (Å²) < 4.78 is 16.5. The number of rotatable bonds is 8. The van der Waals surface area contributed by atoms with Crippen LogP contribution >= 0.6 is 11.8 Å². The smallest absolute Gasteiger partial charge is 0.442 e. The van der Waals surface area contributed by atoms with E-state index >= 15 is 0 Å². The number of carbonyl (C=O) groups is 2. The first-order valence-corrected chi connectivity index (χ1v) is 9.53. The van der Waals surface area contributed by atoms with Gasteiger partial charge >= 0.3 is 16.6 Å². The zero-order chi connectivity index (χ0) is 21.7. The van der Waals surface area contributed by atoms with Crippen molar-refractivity contribution in [2.45, 2.75) is 5.03 Å². The average molecular weight is 432 g/mol. The van der Waals surface area contributed by atoms with Gasteiger partial charge in [-0.25, -0.2) is 9.59 Å². The normalized spacial score (nSPS) is 10.5. The van der Waals surface area contributed by atoms with Gasteiger partial charge < -0.3 is 19.9 Å². The van der Waals surface area contributed by atoms with Gasteiger partial charge in [0.2, 0.25) is 11.6 Å². The van der Waals surface area contributed by atoms with Gasteiger partial charge in [0.15, 0.2) is 0 Å². The number of carboxylic acid groups (broad SMARTS) is 1. The number of benzene rings is 2. The van der Waals surface area contributed by atoms with E-state index in [-0.39, 0.29) is 22.1 Å². The number of aromatic nitrogens is 2. The summed E-state index contributed by atoms with van der Waals surface area (Å²) in [6.45, 7) is 0. The molecule has 3 N–H and O–H groups in total. The van der Waals surface area contributed by atoms with Crippen LogP contribution in [0.1, 0.15) is 10.4 Å². The van der Waals surface area contributed by atoms with E-state index in [1.807, 2.05) is 0 Å². The Kier molecular flexibility index (Phi) is 6.42. The summed E-state index contributed by atoms with van der Waals surface area (Å²) in [5, 5.41) is 14.4. The van der Waals surface area contributed by atoms with Gasteiger partial charge in [-0.3, -0.25) is 9.32 Å². The molecular formula is C19H18N3O7S+. The van der Waals surface area contributed by atoms with Crippen LogP contribution in [0.3, 0.4) is 0 Å². The van der Waals surface area contributed by atoms with Crippen molar-refractivity contribution >= 4 is 29.3 Å². The maximum absolute atomic E-state index is 12.4. The number of hydrogen-bond acceptors (Lipinski definition) is 7. The lowest BCUT2D eigenvalue weighted by atomic mass is 10.2. The first kappa shape index (κ1) is 21.0. The Bertz CT molecular complexity index is 1120. The summed E-state index contributed by atoms with van der Waals surface area (Å²) in [7, 11) is 2.92. The van der Waals surface area contributed by atoms with Crippen LogP contribution in [0.25, 0.3) is 5.69 Å². The SMILES string of the molecule is COc1ccc(-[n+]2[nH]oc(=O)c2SCC(=O)Nc2ccc(C(=O)O)cc2OC)cc1. The highest BCUT2D eigenvalue weighted by Crippen LogP contribution is 2.26. The Balaban J connectivity index is 1.72. The molecule has 1 aromatic heterocycles. The Morgan fingerprint density at radius 2 is 1.90 bits per heavy atom. The standard InChI is InChI=1S/C19H17N3O7S/c1-27-13-6-4-12(5-7-13)22-17(19(26)29-21-22)30-10-16(23)20-14-8-3-11(18(24)25)9-15(14)28-2/h3-9H,10H2,1-2H3,(H2-,20,21,23,24,25,26)/p+1. The summed E-state index contributed by atoms with van der Waals surface area (Å²) in [6.07, 6.45) is 0. The molecule has 1 amide bonds. The second-order valence-corrected chi connectivity index (χ2v) is 6.84. The molecule has 3 aromatic rings. The largest absolute Gasteiger partial charge is 0.497 e. The zero-order valence-electron chi connectivity index (χ0n) is 16.0. The summed E-state index contributed by atoms with van der Waals surface area (Å²) in [5.74, 6) is -0.751. The van der Waals surface area contributed by atoms with Crippen molar-refractivity contribution < 1.29 is 33.4 Å². The molecule has 0 unspecified atom stereocenters. The number of amides is 1. The van der Waals surface area contributed by atoms with E-state index in [0.29, 0.717) is 17.1 Å². The molecule has 0 atom stereocenters. The third kappa shape index (κ3) is 4.63. The molecule has 0 aliphatic heterocycles. The minimum atomic E-state index is -1.11. The van der Waals surface area contributed by atoms with Gasteiger partial charge in [0.25, 0.3) is 0 Å². The molecule has 156 valence electrons. The molecule has 0 aliphatic rings. The summed E-state index contributed by atoms with van der Waals surface area (Å²) in [5.41, 5.74) is 0.351. The average Bonchev–Trinajstić information content (AvgIpc) is 3.12. The molecule has 0 spiro atoms. The lowest BCUT2D eigenvalue weighted by Gasteiger charge is -2.10. The van der Waals surface area contributed by atoms with Gasteiger partial charge in [0, 0.05) is 12.1 Å². The molecule has 30 heavy (non-hydrogen) atoms. The van der Waals surface area contributed by atoms with E-state index in [2.05, 4.69) is 10.6 Å². The number of hydrogen-bond donors (Lipinski definition) is 3. The van der Waals surface area contributed by atoms with Gasteiger partial charge in [0.05, 0.1) is 31.2 Å². The van der Waals surface area contributed by atoms with Gasteiger partial charge in [-0.2, -0.15) is 0 Å². The molecule has 11 heteroatoms. The molecule has 0 saturated carbocycles. The van der Waals surface area contributed by atoms with E-state index in [0.717, 1.165) is 11.8 Å². The Labute approximate surface area is 174 Å². The molecule has 2 aromatic carbocycles. The van der Waals surface area contributed by atoms with E-state index in [1.165, 1.54) is 30.0 Å². The number of nitrogens with zero attached hydrogens (tertiary/aromatic N) is 1. The third-order valence-corrected chi connectivity index (χ3v) is 5.03. The maximum Gasteiger partial charge on any atom is 0.442 e. The number of methoxy groups -OCH3 is 2. The van der Waals surface area contributed by atoms with Crippen molar-refractivity contribution in [2.24, 2.45) is 0 Å². The highest BCUT2D eigenvalue weighted by Gasteiger charge is 2.25. The van der Waals surface area contributed by atoms with Crippen LogP contribution in [0.15, 0.2) is 56.8 Å². The van der Waals surface area contributed by atoms with Crippen LogP contribution in [0.4, 0.5) is 5.69 Å². The van der Waals surface area contributed by atoms with Crippen LogP contribution in [0.2, 0.25) is 0 Å². The van der Waals surface area contributed by atoms with Crippen LogP contribution in [-0.4, -0.2) is 42.2 Å². The number of carboxylic acids is 1. The number of thioether (sulfide) groups is 1. The van der Waals surface area contributed by atoms with Crippen molar-refractivity contribution in [3.8, 4) is 17.2 Å². The van der Waals surface area contributed by atoms with Crippen LogP contribution in [0, 0.1) is 0 Å². The first-order chi connectivity index (χ1) is 14.4. The fourth-order valence-electron chi connectivity index (χ4n) is 2.54. The predicted octanol–water partition coefficient (Wildman–Crippen LogP) is 1.69. The van der Waals surface area contributed by atoms with Gasteiger partial charge in [0.1, 0.15) is 11.5 Å². The molecule has 0 radical (unpaired) electrons. The second kappa shape index (κ2) is 9.18. The highest BCUT2D eigenvalue weighted by molar-refractivity contribution is 7.99. The van der Waals surface area contributed by atoms with Crippen molar-refractivity contribution in [1.82, 2.24) is 5.27 Å². The van der Waals surface area contributed by atoms with Crippen molar-refractivity contribution in [3.63, 3.8) is 0 Å². The minimum absolute atomic E-state index is 0.0321. The molecule has 10 nitrogen and oxygen atoms in total. The molecule has 0 aliphatic carbocycles. The molecule has 1 heterocycles. The van der Waals surface area contributed by atoms with Gasteiger partial charge in [-0.15, -0.1) is 0 Å². The quantitative estimate of drug-likeness (QED) is 0.362. The van der Waals surface area contributed by atoms with E-state index in [9.17, 15) is 14.4 Å². The number of aromatic amines is 1. The zero-order valence-corrected chi connectivity index (χ0v) is 16.8. The Hall–Kier alpha value is -3.73. The van der Waals surface area contributed by atoms with Gasteiger partial charge in [-0.1, -0.05) is 0 Å². The van der Waals surface area contributed by atoms with Crippen LogP contribution < -0.4 is 25.1 Å². The van der Waals surface area contributed by atoms with Crippen molar-refractivity contribution in [1.29, 1.82) is 0 Å². The summed E-state index contributed by atoms with van der Waals surface area (Å²) >= 11 is 0.981. The third-order valence-electron chi connectivity index (χ3n) is 4.00. The number of ether oxygens (including phenoxy) is 2. The van der Waals surface area contributed by atoms with E-state index < -0.39 is 17.5 Å². The fraction of sp³-hybridized carbons (Fsp3) is 0.158. The van der Waals surface area contributed by atoms with Crippen molar-refractivity contribution in [2.75, 3.05) is 25.3 Å². The number of anilines is 1. The van der Waals surface area contributed by atoms with Crippen molar-refractivity contribution in [3.05, 3.63) is 58.4 Å². The van der Waals surface area contributed by atoms with Gasteiger partial charge in [-0.05, 0) is 52.0 Å². The Morgan fingerprint density at radius 1 is 1.17 bits per heavy atom.